The molecule has 4 heteroatoms. The largest absolute Gasteiger partial charge is 0.489 e. The summed E-state index contributed by atoms with van der Waals surface area (Å²) in [7, 11) is 2.07. The first kappa shape index (κ1) is 16.5. The van der Waals surface area contributed by atoms with Crippen LogP contribution in [-0.4, -0.2) is 30.9 Å². The van der Waals surface area contributed by atoms with Gasteiger partial charge in [-0.2, -0.15) is 0 Å². The van der Waals surface area contributed by atoms with Crippen LogP contribution in [0.3, 0.4) is 0 Å². The molecule has 1 atom stereocenters. The fourth-order valence-electron chi connectivity index (χ4n) is 3.00. The monoisotopic (exact) mass is 324 g/mol. The Balaban J connectivity index is 1.51. The molecule has 1 aliphatic rings. The minimum atomic E-state index is 0.0813. The molecule has 0 aromatic heterocycles. The molecular formula is C20H24N2O2. The summed E-state index contributed by atoms with van der Waals surface area (Å²) >= 11 is 0. The zero-order valence-corrected chi connectivity index (χ0v) is 14.1. The lowest BCUT2D eigenvalue weighted by atomic mass is 9.97. The number of ether oxygens (including phenoxy) is 1. The second-order valence-corrected chi connectivity index (χ2v) is 6.39. The van der Waals surface area contributed by atoms with Crippen LogP contribution in [0.4, 0.5) is 5.69 Å². The Morgan fingerprint density at radius 2 is 1.92 bits per heavy atom. The predicted octanol–water partition coefficient (Wildman–Crippen LogP) is 3.55. The number of carbonyl (C=O) groups is 1. The number of nitrogens with one attached hydrogen (secondary N) is 1. The van der Waals surface area contributed by atoms with E-state index < -0.39 is 0 Å². The van der Waals surface area contributed by atoms with E-state index in [0.717, 1.165) is 42.9 Å². The molecule has 0 bridgehead atoms. The molecule has 0 spiro atoms. The number of piperidine rings is 1. The van der Waals surface area contributed by atoms with Gasteiger partial charge in [0.15, 0.2) is 0 Å². The maximum atomic E-state index is 12.3. The molecule has 2 aromatic rings. The van der Waals surface area contributed by atoms with Crippen molar-refractivity contribution in [2.75, 3.05) is 25.5 Å². The average Bonchev–Trinajstić information content (AvgIpc) is 2.62. The fourth-order valence-corrected chi connectivity index (χ4v) is 3.00. The Kier molecular flexibility index (Phi) is 5.49. The minimum absolute atomic E-state index is 0.0813. The molecule has 0 unspecified atom stereocenters. The average molecular weight is 324 g/mol. The number of carbonyl (C=O) groups excluding carboxylic acids is 1. The van der Waals surface area contributed by atoms with Crippen LogP contribution in [0, 0.1) is 5.92 Å². The van der Waals surface area contributed by atoms with E-state index in [1.807, 2.05) is 54.6 Å². The van der Waals surface area contributed by atoms with Gasteiger partial charge in [-0.05, 0) is 56.3 Å². The topological polar surface area (TPSA) is 41.6 Å². The van der Waals surface area contributed by atoms with Crippen molar-refractivity contribution in [3.63, 3.8) is 0 Å². The Morgan fingerprint density at radius 1 is 1.17 bits per heavy atom. The number of nitrogens with zero attached hydrogens (tertiary/aromatic N) is 1. The van der Waals surface area contributed by atoms with Crippen molar-refractivity contribution < 1.29 is 9.53 Å². The predicted molar refractivity (Wildman–Crippen MR) is 96.1 cm³/mol. The molecule has 24 heavy (non-hydrogen) atoms. The smallest absolute Gasteiger partial charge is 0.228 e. The van der Waals surface area contributed by atoms with Gasteiger partial charge >= 0.3 is 0 Å². The van der Waals surface area contributed by atoms with Crippen LogP contribution >= 0.6 is 0 Å². The van der Waals surface area contributed by atoms with Crippen molar-refractivity contribution in [2.45, 2.75) is 19.4 Å². The van der Waals surface area contributed by atoms with E-state index in [-0.39, 0.29) is 11.8 Å². The van der Waals surface area contributed by atoms with E-state index >= 15 is 0 Å². The SMILES string of the molecule is CN1CCC[C@H](C(=O)Nc2ccc(OCc3ccccc3)cc2)C1. The lowest BCUT2D eigenvalue weighted by Crippen LogP contribution is -2.38. The van der Waals surface area contributed by atoms with Gasteiger partial charge in [0.05, 0.1) is 5.92 Å². The number of hydrogen-bond donors (Lipinski definition) is 1. The van der Waals surface area contributed by atoms with Crippen molar-refractivity contribution in [3.8, 4) is 5.75 Å². The van der Waals surface area contributed by atoms with Crippen LogP contribution in [-0.2, 0) is 11.4 Å². The maximum Gasteiger partial charge on any atom is 0.228 e. The summed E-state index contributed by atoms with van der Waals surface area (Å²) < 4.78 is 5.76. The molecule has 2 aromatic carbocycles. The molecule has 3 rings (SSSR count). The first-order chi connectivity index (χ1) is 11.7. The van der Waals surface area contributed by atoms with Gasteiger partial charge in [0.2, 0.25) is 5.91 Å². The van der Waals surface area contributed by atoms with E-state index in [1.165, 1.54) is 0 Å². The number of amides is 1. The van der Waals surface area contributed by atoms with Crippen LogP contribution < -0.4 is 10.1 Å². The first-order valence-corrected chi connectivity index (χ1v) is 8.47. The molecule has 0 saturated carbocycles. The molecule has 0 radical (unpaired) electrons. The first-order valence-electron chi connectivity index (χ1n) is 8.47. The molecule has 0 aliphatic carbocycles. The molecule has 4 nitrogen and oxygen atoms in total. The summed E-state index contributed by atoms with van der Waals surface area (Å²) in [6.45, 7) is 2.46. The Labute approximate surface area is 143 Å². The lowest BCUT2D eigenvalue weighted by Gasteiger charge is -2.28. The van der Waals surface area contributed by atoms with Gasteiger partial charge in [-0.3, -0.25) is 4.79 Å². The highest BCUT2D eigenvalue weighted by molar-refractivity contribution is 5.92. The molecule has 1 amide bonds. The van der Waals surface area contributed by atoms with E-state index in [1.54, 1.807) is 0 Å². The molecule has 1 saturated heterocycles. The number of hydrogen-bond acceptors (Lipinski definition) is 3. The van der Waals surface area contributed by atoms with Crippen LogP contribution in [0.15, 0.2) is 54.6 Å². The Hall–Kier alpha value is -2.33. The summed E-state index contributed by atoms with van der Waals surface area (Å²) in [6, 6.07) is 17.6. The van der Waals surface area contributed by atoms with Gasteiger partial charge in [0, 0.05) is 12.2 Å². The van der Waals surface area contributed by atoms with E-state index in [9.17, 15) is 4.79 Å². The van der Waals surface area contributed by atoms with Crippen LogP contribution in [0.2, 0.25) is 0 Å². The quantitative estimate of drug-likeness (QED) is 0.914. The summed E-state index contributed by atoms with van der Waals surface area (Å²) in [4.78, 5) is 14.6. The number of likely N-dealkylation sites (tertiary alicyclic amines) is 1. The Morgan fingerprint density at radius 3 is 2.62 bits per heavy atom. The Bertz CT molecular complexity index is 655. The normalized spacial score (nSPS) is 18.1. The van der Waals surface area contributed by atoms with Crippen LogP contribution in [0.1, 0.15) is 18.4 Å². The van der Waals surface area contributed by atoms with Crippen molar-refractivity contribution >= 4 is 11.6 Å². The number of anilines is 1. The highest BCUT2D eigenvalue weighted by Crippen LogP contribution is 2.20. The molecule has 1 fully saturated rings. The zero-order chi connectivity index (χ0) is 16.8. The van der Waals surface area contributed by atoms with Crippen LogP contribution in [0.25, 0.3) is 0 Å². The molecule has 1 aliphatic heterocycles. The van der Waals surface area contributed by atoms with E-state index in [0.29, 0.717) is 6.61 Å². The molecule has 1 heterocycles. The van der Waals surface area contributed by atoms with Gasteiger partial charge in [0.25, 0.3) is 0 Å². The van der Waals surface area contributed by atoms with Gasteiger partial charge in [0.1, 0.15) is 12.4 Å². The van der Waals surface area contributed by atoms with E-state index in [4.69, 9.17) is 4.74 Å². The summed E-state index contributed by atoms with van der Waals surface area (Å²) in [5, 5.41) is 3.01. The standard InChI is InChI=1S/C20H24N2O2/c1-22-13-5-8-17(14-22)20(23)21-18-9-11-19(12-10-18)24-15-16-6-3-2-4-7-16/h2-4,6-7,9-12,17H,5,8,13-15H2,1H3,(H,21,23)/t17-/m0/s1. The van der Waals surface area contributed by atoms with Crippen molar-refractivity contribution in [1.29, 1.82) is 0 Å². The zero-order valence-electron chi connectivity index (χ0n) is 14.1. The highest BCUT2D eigenvalue weighted by atomic mass is 16.5. The van der Waals surface area contributed by atoms with Gasteiger partial charge in [-0.1, -0.05) is 30.3 Å². The van der Waals surface area contributed by atoms with E-state index in [2.05, 4.69) is 17.3 Å². The fraction of sp³-hybridized carbons (Fsp3) is 0.350. The van der Waals surface area contributed by atoms with Gasteiger partial charge in [-0.25, -0.2) is 0 Å². The summed E-state index contributed by atoms with van der Waals surface area (Å²) in [6.07, 6.45) is 2.05. The number of rotatable bonds is 5. The number of benzene rings is 2. The maximum absolute atomic E-state index is 12.3. The van der Waals surface area contributed by atoms with Gasteiger partial charge < -0.3 is 15.0 Å². The molecule has 126 valence electrons. The lowest BCUT2D eigenvalue weighted by molar-refractivity contribution is -0.121. The molecular weight excluding hydrogens is 300 g/mol. The summed E-state index contributed by atoms with van der Waals surface area (Å²) in [5.74, 6) is 0.992. The van der Waals surface area contributed by atoms with Crippen molar-refractivity contribution in [2.24, 2.45) is 5.92 Å². The second-order valence-electron chi connectivity index (χ2n) is 6.39. The van der Waals surface area contributed by atoms with Gasteiger partial charge in [-0.15, -0.1) is 0 Å². The highest BCUT2D eigenvalue weighted by Gasteiger charge is 2.23. The van der Waals surface area contributed by atoms with Crippen molar-refractivity contribution in [3.05, 3.63) is 60.2 Å². The summed E-state index contributed by atoms with van der Waals surface area (Å²) in [5.41, 5.74) is 1.96. The minimum Gasteiger partial charge on any atom is -0.489 e. The second kappa shape index (κ2) is 7.97. The molecule has 1 N–H and O–H groups in total. The third kappa shape index (κ3) is 4.59. The third-order valence-electron chi connectivity index (χ3n) is 4.37. The van der Waals surface area contributed by atoms with Crippen LogP contribution in [0.5, 0.6) is 5.75 Å². The third-order valence-corrected chi connectivity index (χ3v) is 4.37. The van der Waals surface area contributed by atoms with Crippen molar-refractivity contribution in [1.82, 2.24) is 4.90 Å².